The van der Waals surface area contributed by atoms with E-state index in [2.05, 4.69) is 0 Å². The molecule has 2 aromatic carbocycles. The van der Waals surface area contributed by atoms with Crippen molar-refractivity contribution in [3.8, 4) is 23.0 Å². The number of carbonyl (C=O) groups is 1. The average Bonchev–Trinajstić information content (AvgIpc) is 3.13. The number of unbranched alkanes of at least 4 members (excludes halogenated alkanes) is 1. The lowest BCUT2D eigenvalue weighted by Gasteiger charge is -2.19. The monoisotopic (exact) mass is 368 g/mol. The first-order chi connectivity index (χ1) is 13.2. The molecule has 4 rings (SSSR count). The Balaban J connectivity index is 1.34. The van der Waals surface area contributed by atoms with Crippen molar-refractivity contribution in [1.29, 1.82) is 0 Å². The maximum absolute atomic E-state index is 11.6. The van der Waals surface area contributed by atoms with Crippen LogP contribution in [0.25, 0.3) is 11.0 Å². The second kappa shape index (κ2) is 7.61. The van der Waals surface area contributed by atoms with Crippen LogP contribution in [0.4, 0.5) is 0 Å². The molecule has 6 heteroatoms. The van der Waals surface area contributed by atoms with E-state index in [0.717, 1.165) is 35.3 Å². The van der Waals surface area contributed by atoms with Gasteiger partial charge in [-0.3, -0.25) is 4.79 Å². The lowest BCUT2D eigenvalue weighted by Crippen LogP contribution is -2.17. The minimum Gasteiger partial charge on any atom is -0.508 e. The molecule has 140 valence electrons. The highest BCUT2D eigenvalue weighted by Crippen LogP contribution is 2.40. The van der Waals surface area contributed by atoms with Crippen LogP contribution in [0.5, 0.6) is 23.0 Å². The van der Waals surface area contributed by atoms with Crippen molar-refractivity contribution in [1.82, 2.24) is 0 Å². The van der Waals surface area contributed by atoms with E-state index in [1.54, 1.807) is 36.6 Å². The third-order valence-electron chi connectivity index (χ3n) is 4.47. The van der Waals surface area contributed by atoms with Crippen LogP contribution in [0.1, 0.15) is 24.8 Å². The molecule has 1 aliphatic heterocycles. The Morgan fingerprint density at radius 1 is 1.00 bits per heavy atom. The van der Waals surface area contributed by atoms with Gasteiger partial charge in [-0.05, 0) is 49.6 Å². The number of fused-ring (bicyclic) bond motifs is 2. The molecule has 1 N–H and O–H groups in total. The fourth-order valence-electron chi connectivity index (χ4n) is 3.11. The van der Waals surface area contributed by atoms with Crippen molar-refractivity contribution in [2.24, 2.45) is 0 Å². The average molecular weight is 368 g/mol. The summed E-state index contributed by atoms with van der Waals surface area (Å²) in [5, 5.41) is 10.2. The highest BCUT2D eigenvalue weighted by molar-refractivity contribution is 5.90. The minimum atomic E-state index is -0.231. The highest BCUT2D eigenvalue weighted by Gasteiger charge is 2.24. The third-order valence-corrected chi connectivity index (χ3v) is 4.47. The maximum atomic E-state index is 11.6. The number of carbonyl (C=O) groups excluding carboxylic acids is 1. The third kappa shape index (κ3) is 3.84. The minimum absolute atomic E-state index is 0.221. The van der Waals surface area contributed by atoms with E-state index in [-0.39, 0.29) is 11.7 Å². The molecule has 0 bridgehead atoms. The molecule has 2 heterocycles. The molecule has 0 aliphatic carbocycles. The lowest BCUT2D eigenvalue weighted by molar-refractivity contribution is -0.135. The van der Waals surface area contributed by atoms with Gasteiger partial charge in [-0.1, -0.05) is 0 Å². The molecule has 0 amide bonds. The van der Waals surface area contributed by atoms with Crippen molar-refractivity contribution in [3.63, 3.8) is 0 Å². The largest absolute Gasteiger partial charge is 0.508 e. The number of hydrogen-bond donors (Lipinski definition) is 1. The Labute approximate surface area is 156 Å². The van der Waals surface area contributed by atoms with Gasteiger partial charge in [-0.2, -0.15) is 0 Å². The van der Waals surface area contributed by atoms with Gasteiger partial charge in [0.15, 0.2) is 0 Å². The zero-order valence-electron chi connectivity index (χ0n) is 14.8. The van der Waals surface area contributed by atoms with Crippen molar-refractivity contribution in [3.05, 3.63) is 48.2 Å². The number of furan rings is 1. The molecule has 0 unspecified atom stereocenters. The van der Waals surface area contributed by atoms with Crippen LogP contribution in [0.2, 0.25) is 0 Å². The number of esters is 1. The molecule has 1 aliphatic rings. The fourth-order valence-corrected chi connectivity index (χ4v) is 3.11. The van der Waals surface area contributed by atoms with E-state index < -0.39 is 0 Å². The molecule has 0 spiro atoms. The SMILES string of the molecule is O=C1CCc2c(cc3occc3c2OCCCCOc2ccc(O)cc2)O1. The van der Waals surface area contributed by atoms with Crippen molar-refractivity contribution >= 4 is 16.9 Å². The summed E-state index contributed by atoms with van der Waals surface area (Å²) in [7, 11) is 0. The van der Waals surface area contributed by atoms with E-state index in [9.17, 15) is 9.90 Å². The summed E-state index contributed by atoms with van der Waals surface area (Å²) in [5.41, 5.74) is 1.57. The topological polar surface area (TPSA) is 78.1 Å². The molecule has 0 atom stereocenters. The van der Waals surface area contributed by atoms with E-state index in [1.165, 1.54) is 0 Å². The summed E-state index contributed by atoms with van der Waals surface area (Å²) in [6.45, 7) is 1.10. The van der Waals surface area contributed by atoms with Crippen LogP contribution < -0.4 is 14.2 Å². The summed E-state index contributed by atoms with van der Waals surface area (Å²) >= 11 is 0. The Hall–Kier alpha value is -3.15. The predicted molar refractivity (Wildman–Crippen MR) is 98.5 cm³/mol. The first-order valence-electron chi connectivity index (χ1n) is 8.99. The van der Waals surface area contributed by atoms with Gasteiger partial charge in [0.2, 0.25) is 0 Å². The smallest absolute Gasteiger partial charge is 0.311 e. The van der Waals surface area contributed by atoms with Gasteiger partial charge >= 0.3 is 5.97 Å². The van der Waals surface area contributed by atoms with Gasteiger partial charge in [-0.25, -0.2) is 0 Å². The Bertz CT molecular complexity index is 941. The number of phenols is 1. The van der Waals surface area contributed by atoms with Crippen molar-refractivity contribution in [2.75, 3.05) is 13.2 Å². The second-order valence-electron chi connectivity index (χ2n) is 6.39. The van der Waals surface area contributed by atoms with Gasteiger partial charge in [0, 0.05) is 11.6 Å². The number of phenolic OH excluding ortho intramolecular Hbond substituents is 1. The lowest BCUT2D eigenvalue weighted by atomic mass is 10.0. The molecule has 6 nitrogen and oxygen atoms in total. The molecule has 0 saturated carbocycles. The summed E-state index contributed by atoms with van der Waals surface area (Å²) in [6, 6.07) is 10.3. The van der Waals surface area contributed by atoms with E-state index in [0.29, 0.717) is 37.4 Å². The number of ether oxygens (including phenoxy) is 3. The number of hydrogen-bond acceptors (Lipinski definition) is 6. The first-order valence-corrected chi connectivity index (χ1v) is 8.99. The van der Waals surface area contributed by atoms with Crippen molar-refractivity contribution < 1.29 is 28.5 Å². The first kappa shape index (κ1) is 17.3. The van der Waals surface area contributed by atoms with Gasteiger partial charge in [0.1, 0.15) is 28.6 Å². The summed E-state index contributed by atoms with van der Waals surface area (Å²) in [6.07, 6.45) is 4.22. The summed E-state index contributed by atoms with van der Waals surface area (Å²) in [5.74, 6) is 1.99. The number of rotatable bonds is 7. The normalized spacial score (nSPS) is 13.3. The van der Waals surface area contributed by atoms with Crippen LogP contribution in [0.3, 0.4) is 0 Å². The molecular weight excluding hydrogens is 348 g/mol. The van der Waals surface area contributed by atoms with Gasteiger partial charge in [0.05, 0.1) is 31.3 Å². The van der Waals surface area contributed by atoms with Crippen LogP contribution in [-0.4, -0.2) is 24.3 Å². The quantitative estimate of drug-likeness (QED) is 0.382. The zero-order chi connectivity index (χ0) is 18.6. The zero-order valence-corrected chi connectivity index (χ0v) is 14.8. The molecule has 0 radical (unpaired) electrons. The molecular formula is C21H20O6. The maximum Gasteiger partial charge on any atom is 0.311 e. The molecule has 27 heavy (non-hydrogen) atoms. The van der Waals surface area contributed by atoms with E-state index in [1.807, 2.05) is 6.07 Å². The van der Waals surface area contributed by atoms with E-state index in [4.69, 9.17) is 18.6 Å². The van der Waals surface area contributed by atoms with Gasteiger partial charge < -0.3 is 23.7 Å². The summed E-state index contributed by atoms with van der Waals surface area (Å²) < 4.78 is 22.5. The number of aromatic hydroxyl groups is 1. The highest BCUT2D eigenvalue weighted by atomic mass is 16.5. The Morgan fingerprint density at radius 3 is 2.59 bits per heavy atom. The summed E-state index contributed by atoms with van der Waals surface area (Å²) in [4.78, 5) is 11.6. The van der Waals surface area contributed by atoms with Crippen LogP contribution in [0, 0.1) is 0 Å². The van der Waals surface area contributed by atoms with Gasteiger partial charge in [0.25, 0.3) is 0 Å². The Kier molecular flexibility index (Phi) is 4.87. The second-order valence-corrected chi connectivity index (χ2v) is 6.39. The molecule has 0 saturated heterocycles. The molecule has 0 fully saturated rings. The molecule has 3 aromatic rings. The standard InChI is InChI=1S/C21H20O6/c22-14-3-5-15(6-4-14)24-10-1-2-11-26-21-16-7-8-20(23)27-19(16)13-18-17(21)9-12-25-18/h3-6,9,12-13,22H,1-2,7-8,10-11H2. The van der Waals surface area contributed by atoms with Crippen LogP contribution in [0.15, 0.2) is 47.1 Å². The molecule has 1 aromatic heterocycles. The van der Waals surface area contributed by atoms with Gasteiger partial charge in [-0.15, -0.1) is 0 Å². The predicted octanol–water partition coefficient (Wildman–Crippen LogP) is 4.23. The van der Waals surface area contributed by atoms with E-state index >= 15 is 0 Å². The number of benzene rings is 2. The fraction of sp³-hybridized carbons (Fsp3) is 0.286. The van der Waals surface area contributed by atoms with Crippen LogP contribution >= 0.6 is 0 Å². The van der Waals surface area contributed by atoms with Crippen molar-refractivity contribution in [2.45, 2.75) is 25.7 Å². The van der Waals surface area contributed by atoms with Crippen LogP contribution in [-0.2, 0) is 11.2 Å². The Morgan fingerprint density at radius 2 is 1.78 bits per heavy atom.